The van der Waals surface area contributed by atoms with Gasteiger partial charge in [0.05, 0.1) is 22.2 Å². The third kappa shape index (κ3) is 4.67. The van der Waals surface area contributed by atoms with Crippen molar-refractivity contribution in [1.29, 1.82) is 0 Å². The second kappa shape index (κ2) is 8.52. The Balaban J connectivity index is 1.57. The Labute approximate surface area is 166 Å². The van der Waals surface area contributed by atoms with E-state index in [1.165, 1.54) is 4.31 Å². The predicted octanol–water partition coefficient (Wildman–Crippen LogP) is 2.56. The minimum absolute atomic E-state index is 0.0876. The van der Waals surface area contributed by atoms with Gasteiger partial charge in [-0.1, -0.05) is 23.7 Å². The van der Waals surface area contributed by atoms with Gasteiger partial charge in [-0.05, 0) is 30.3 Å². The van der Waals surface area contributed by atoms with Crippen LogP contribution >= 0.6 is 11.6 Å². The first-order valence-electron chi connectivity index (χ1n) is 8.49. The summed E-state index contributed by atoms with van der Waals surface area (Å²) in [6.45, 7) is 1.03. The molecule has 1 fully saturated rings. The number of hydrogen-bond acceptors (Lipinski definition) is 4. The van der Waals surface area contributed by atoms with Gasteiger partial charge in [0.1, 0.15) is 0 Å². The van der Waals surface area contributed by atoms with E-state index in [-0.39, 0.29) is 30.4 Å². The molecule has 150 valence electrons. The smallest absolute Gasteiger partial charge is 0.243 e. The van der Waals surface area contributed by atoms with Gasteiger partial charge >= 0.3 is 0 Å². The number of carbonyl (C=O) groups is 1. The maximum atomic E-state index is 13.4. The second-order valence-electron chi connectivity index (χ2n) is 6.28. The Morgan fingerprint density at radius 3 is 2.36 bits per heavy atom. The number of sulfonamides is 1. The van der Waals surface area contributed by atoms with E-state index >= 15 is 0 Å². The molecule has 6 nitrogen and oxygen atoms in total. The maximum absolute atomic E-state index is 13.4. The summed E-state index contributed by atoms with van der Waals surface area (Å²) in [6.07, 6.45) is 0. The minimum atomic E-state index is -3.93. The zero-order valence-corrected chi connectivity index (χ0v) is 16.3. The number of hydrogen-bond donors (Lipinski definition) is 1. The van der Waals surface area contributed by atoms with Gasteiger partial charge in [0, 0.05) is 26.2 Å². The van der Waals surface area contributed by atoms with Crippen LogP contribution in [0.25, 0.3) is 0 Å². The van der Waals surface area contributed by atoms with E-state index in [4.69, 9.17) is 11.6 Å². The Morgan fingerprint density at radius 2 is 1.71 bits per heavy atom. The SMILES string of the molecule is O=C(CN1CCN(S(=O)(=O)c2ccc(F)c(F)c2)CC1)Nc1ccccc1Cl. The summed E-state index contributed by atoms with van der Waals surface area (Å²) in [5, 5.41) is 3.14. The van der Waals surface area contributed by atoms with Crippen LogP contribution in [-0.2, 0) is 14.8 Å². The number of nitrogens with one attached hydrogen (secondary N) is 1. The molecule has 1 heterocycles. The zero-order valence-electron chi connectivity index (χ0n) is 14.7. The molecule has 0 spiro atoms. The number of halogens is 3. The molecule has 0 aliphatic carbocycles. The standard InChI is InChI=1S/C18H18ClF2N3O3S/c19-14-3-1-2-4-17(14)22-18(25)12-23-7-9-24(10-8-23)28(26,27)13-5-6-15(20)16(21)11-13/h1-6,11H,7-10,12H2,(H,22,25). The van der Waals surface area contributed by atoms with Crippen molar-refractivity contribution in [2.24, 2.45) is 0 Å². The maximum Gasteiger partial charge on any atom is 0.243 e. The van der Waals surface area contributed by atoms with Gasteiger partial charge in [-0.3, -0.25) is 9.69 Å². The van der Waals surface area contributed by atoms with E-state index < -0.39 is 21.7 Å². The number of rotatable bonds is 5. The van der Waals surface area contributed by atoms with E-state index in [2.05, 4.69) is 5.32 Å². The second-order valence-corrected chi connectivity index (χ2v) is 8.63. The van der Waals surface area contributed by atoms with Crippen molar-refractivity contribution in [1.82, 2.24) is 9.21 Å². The third-order valence-electron chi connectivity index (χ3n) is 4.38. The average molecular weight is 430 g/mol. The highest BCUT2D eigenvalue weighted by molar-refractivity contribution is 7.89. The lowest BCUT2D eigenvalue weighted by atomic mass is 10.3. The summed E-state index contributed by atoms with van der Waals surface area (Å²) in [5.41, 5.74) is 0.508. The van der Waals surface area contributed by atoms with Crippen LogP contribution in [0.1, 0.15) is 0 Å². The van der Waals surface area contributed by atoms with Crippen LogP contribution in [0.15, 0.2) is 47.4 Å². The van der Waals surface area contributed by atoms with Crippen molar-refractivity contribution in [2.75, 3.05) is 38.0 Å². The summed E-state index contributed by atoms with van der Waals surface area (Å²) in [7, 11) is -3.93. The number of piperazine rings is 1. The molecule has 1 aliphatic heterocycles. The molecule has 1 saturated heterocycles. The summed E-state index contributed by atoms with van der Waals surface area (Å²) < 4.78 is 52.8. The van der Waals surface area contributed by atoms with E-state index in [0.29, 0.717) is 29.9 Å². The molecule has 10 heteroatoms. The van der Waals surface area contributed by atoms with Crippen molar-refractivity contribution in [3.8, 4) is 0 Å². The van der Waals surface area contributed by atoms with Crippen LogP contribution in [0, 0.1) is 11.6 Å². The quantitative estimate of drug-likeness (QED) is 0.793. The highest BCUT2D eigenvalue weighted by Gasteiger charge is 2.29. The lowest BCUT2D eigenvalue weighted by molar-refractivity contribution is -0.117. The fourth-order valence-electron chi connectivity index (χ4n) is 2.87. The predicted molar refractivity (Wildman–Crippen MR) is 102 cm³/mol. The molecule has 0 saturated carbocycles. The topological polar surface area (TPSA) is 69.7 Å². The van der Waals surface area contributed by atoms with Crippen LogP contribution in [0.2, 0.25) is 5.02 Å². The first-order valence-corrected chi connectivity index (χ1v) is 10.3. The molecule has 1 N–H and O–H groups in total. The number of para-hydroxylation sites is 1. The molecule has 0 bridgehead atoms. The molecule has 0 radical (unpaired) electrons. The van der Waals surface area contributed by atoms with Crippen molar-refractivity contribution in [2.45, 2.75) is 4.90 Å². The van der Waals surface area contributed by atoms with Crippen molar-refractivity contribution < 1.29 is 22.0 Å². The minimum Gasteiger partial charge on any atom is -0.324 e. The molecule has 1 aliphatic rings. The average Bonchev–Trinajstić information content (AvgIpc) is 2.66. The Hall–Kier alpha value is -2.07. The molecule has 0 atom stereocenters. The first kappa shape index (κ1) is 20.7. The van der Waals surface area contributed by atoms with E-state index in [1.807, 2.05) is 4.90 Å². The Morgan fingerprint density at radius 1 is 1.04 bits per heavy atom. The van der Waals surface area contributed by atoms with Crippen LogP contribution in [0.4, 0.5) is 14.5 Å². The fraction of sp³-hybridized carbons (Fsp3) is 0.278. The Bertz CT molecular complexity index is 980. The zero-order chi connectivity index (χ0) is 20.3. The molecule has 28 heavy (non-hydrogen) atoms. The molecular formula is C18H18ClF2N3O3S. The number of benzene rings is 2. The van der Waals surface area contributed by atoms with Gasteiger partial charge in [0.2, 0.25) is 15.9 Å². The normalized spacial score (nSPS) is 16.1. The van der Waals surface area contributed by atoms with Gasteiger partial charge in [-0.25, -0.2) is 17.2 Å². The van der Waals surface area contributed by atoms with E-state index in [9.17, 15) is 22.0 Å². The number of amides is 1. The summed E-state index contributed by atoms with van der Waals surface area (Å²) in [6, 6.07) is 9.36. The van der Waals surface area contributed by atoms with E-state index in [0.717, 1.165) is 12.1 Å². The molecule has 0 unspecified atom stereocenters. The van der Waals surface area contributed by atoms with Gasteiger partial charge in [-0.2, -0.15) is 4.31 Å². The summed E-state index contributed by atoms with van der Waals surface area (Å²) >= 11 is 6.01. The van der Waals surface area contributed by atoms with Gasteiger partial charge < -0.3 is 5.32 Å². The van der Waals surface area contributed by atoms with Gasteiger partial charge in [0.15, 0.2) is 11.6 Å². The number of carbonyl (C=O) groups excluding carboxylic acids is 1. The summed E-state index contributed by atoms with van der Waals surface area (Å²) in [5.74, 6) is -2.57. The molecule has 2 aromatic carbocycles. The van der Waals surface area contributed by atoms with Crippen LogP contribution in [-0.4, -0.2) is 56.3 Å². The van der Waals surface area contributed by atoms with Gasteiger partial charge in [-0.15, -0.1) is 0 Å². The third-order valence-corrected chi connectivity index (χ3v) is 6.60. The number of anilines is 1. The van der Waals surface area contributed by atoms with Crippen molar-refractivity contribution in [3.05, 3.63) is 59.1 Å². The fourth-order valence-corrected chi connectivity index (χ4v) is 4.49. The lowest BCUT2D eigenvalue weighted by Crippen LogP contribution is -2.50. The largest absolute Gasteiger partial charge is 0.324 e. The number of nitrogens with zero attached hydrogens (tertiary/aromatic N) is 2. The van der Waals surface area contributed by atoms with Crippen LogP contribution < -0.4 is 5.32 Å². The van der Waals surface area contributed by atoms with Crippen molar-refractivity contribution >= 4 is 33.2 Å². The Kier molecular flexibility index (Phi) is 6.29. The first-order chi connectivity index (χ1) is 13.3. The van der Waals surface area contributed by atoms with Crippen molar-refractivity contribution in [3.63, 3.8) is 0 Å². The molecule has 0 aromatic heterocycles. The van der Waals surface area contributed by atoms with E-state index in [1.54, 1.807) is 24.3 Å². The monoisotopic (exact) mass is 429 g/mol. The van der Waals surface area contributed by atoms with Gasteiger partial charge in [0.25, 0.3) is 0 Å². The molecule has 2 aromatic rings. The lowest BCUT2D eigenvalue weighted by Gasteiger charge is -2.33. The van der Waals surface area contributed by atoms with Crippen LogP contribution in [0.5, 0.6) is 0 Å². The highest BCUT2D eigenvalue weighted by Crippen LogP contribution is 2.21. The molecule has 3 rings (SSSR count). The molecular weight excluding hydrogens is 412 g/mol. The summed E-state index contributed by atoms with van der Waals surface area (Å²) in [4.78, 5) is 13.7. The molecule has 1 amide bonds. The highest BCUT2D eigenvalue weighted by atomic mass is 35.5. The van der Waals surface area contributed by atoms with Crippen LogP contribution in [0.3, 0.4) is 0 Å².